The van der Waals surface area contributed by atoms with Crippen LogP contribution in [0.3, 0.4) is 0 Å². The zero-order chi connectivity index (χ0) is 17.2. The van der Waals surface area contributed by atoms with Gasteiger partial charge in [-0.1, -0.05) is 60.7 Å². The van der Waals surface area contributed by atoms with Crippen molar-refractivity contribution in [2.45, 2.75) is 6.92 Å². The standard InChI is InChI=1S/C20H19NO2S/c1-16-19(17-10-5-3-6-11-17)14-9-15-20(16)21(24(2,22)23)18-12-7-4-8-13-18/h3-15H,1-2H3. The highest BCUT2D eigenvalue weighted by molar-refractivity contribution is 7.92. The van der Waals surface area contributed by atoms with E-state index in [1.54, 1.807) is 12.1 Å². The summed E-state index contributed by atoms with van der Waals surface area (Å²) in [6, 6.07) is 24.9. The molecular formula is C20H19NO2S. The fraction of sp³-hybridized carbons (Fsp3) is 0.100. The van der Waals surface area contributed by atoms with Crippen molar-refractivity contribution in [1.82, 2.24) is 0 Å². The van der Waals surface area contributed by atoms with Gasteiger partial charge in [0, 0.05) is 0 Å². The Morgan fingerprint density at radius 2 is 1.33 bits per heavy atom. The quantitative estimate of drug-likeness (QED) is 0.688. The summed E-state index contributed by atoms with van der Waals surface area (Å²) in [5.41, 5.74) is 4.33. The van der Waals surface area contributed by atoms with Crippen molar-refractivity contribution in [2.24, 2.45) is 0 Å². The molecule has 0 radical (unpaired) electrons. The fourth-order valence-corrected chi connectivity index (χ4v) is 3.91. The van der Waals surface area contributed by atoms with E-state index in [1.807, 2.05) is 73.7 Å². The van der Waals surface area contributed by atoms with Crippen LogP contribution < -0.4 is 4.31 Å². The smallest absolute Gasteiger partial charge is 0.236 e. The van der Waals surface area contributed by atoms with Crippen molar-refractivity contribution in [2.75, 3.05) is 10.6 Å². The van der Waals surface area contributed by atoms with Crippen molar-refractivity contribution in [3.05, 3.63) is 84.4 Å². The van der Waals surface area contributed by atoms with Crippen LogP contribution in [0.15, 0.2) is 78.9 Å². The molecule has 0 atom stereocenters. The molecule has 4 heteroatoms. The zero-order valence-electron chi connectivity index (χ0n) is 13.7. The van der Waals surface area contributed by atoms with E-state index in [9.17, 15) is 8.42 Å². The third-order valence-electron chi connectivity index (χ3n) is 3.93. The van der Waals surface area contributed by atoms with Crippen molar-refractivity contribution < 1.29 is 8.42 Å². The van der Waals surface area contributed by atoms with E-state index in [-0.39, 0.29) is 0 Å². The highest BCUT2D eigenvalue weighted by Gasteiger charge is 2.22. The summed E-state index contributed by atoms with van der Waals surface area (Å²) in [5.74, 6) is 0. The Bertz CT molecular complexity index is 936. The first kappa shape index (κ1) is 16.3. The minimum absolute atomic E-state index is 0.633. The van der Waals surface area contributed by atoms with Gasteiger partial charge in [-0.3, -0.25) is 0 Å². The largest absolute Gasteiger partial charge is 0.238 e. The predicted octanol–water partition coefficient (Wildman–Crippen LogP) is 4.76. The molecule has 122 valence electrons. The van der Waals surface area contributed by atoms with Crippen molar-refractivity contribution >= 4 is 21.4 Å². The molecule has 0 N–H and O–H groups in total. The Hall–Kier alpha value is -2.59. The van der Waals surface area contributed by atoms with Gasteiger partial charge >= 0.3 is 0 Å². The van der Waals surface area contributed by atoms with Crippen LogP contribution in [-0.4, -0.2) is 14.7 Å². The number of para-hydroxylation sites is 1. The number of hydrogen-bond donors (Lipinski definition) is 0. The van der Waals surface area contributed by atoms with E-state index in [4.69, 9.17) is 0 Å². The minimum atomic E-state index is -3.46. The Balaban J connectivity index is 2.20. The molecule has 0 aliphatic heterocycles. The van der Waals surface area contributed by atoms with Gasteiger partial charge in [0.15, 0.2) is 0 Å². The summed E-state index contributed by atoms with van der Waals surface area (Å²) in [7, 11) is -3.46. The summed E-state index contributed by atoms with van der Waals surface area (Å²) in [5, 5.41) is 0. The molecule has 3 aromatic rings. The maximum Gasteiger partial charge on any atom is 0.236 e. The lowest BCUT2D eigenvalue weighted by atomic mass is 9.99. The molecule has 0 saturated heterocycles. The molecule has 0 spiro atoms. The van der Waals surface area contributed by atoms with Gasteiger partial charge in [-0.25, -0.2) is 12.7 Å². The lowest BCUT2D eigenvalue weighted by molar-refractivity contribution is 0.602. The number of benzene rings is 3. The van der Waals surface area contributed by atoms with E-state index in [2.05, 4.69) is 0 Å². The van der Waals surface area contributed by atoms with Crippen LogP contribution in [0.4, 0.5) is 11.4 Å². The molecule has 0 fully saturated rings. The molecule has 0 aromatic heterocycles. The minimum Gasteiger partial charge on any atom is -0.238 e. The Labute approximate surface area is 143 Å². The monoisotopic (exact) mass is 337 g/mol. The van der Waals surface area contributed by atoms with Crippen molar-refractivity contribution in [1.29, 1.82) is 0 Å². The van der Waals surface area contributed by atoms with Crippen LogP contribution >= 0.6 is 0 Å². The Morgan fingerprint density at radius 1 is 0.750 bits per heavy atom. The van der Waals surface area contributed by atoms with Gasteiger partial charge in [-0.15, -0.1) is 0 Å². The second-order valence-corrected chi connectivity index (χ2v) is 7.51. The van der Waals surface area contributed by atoms with Crippen LogP contribution in [0.5, 0.6) is 0 Å². The molecule has 0 aliphatic rings. The molecule has 0 bridgehead atoms. The zero-order valence-corrected chi connectivity index (χ0v) is 14.5. The molecule has 0 saturated carbocycles. The van der Waals surface area contributed by atoms with Gasteiger partial charge in [-0.05, 0) is 41.8 Å². The highest BCUT2D eigenvalue weighted by atomic mass is 32.2. The van der Waals surface area contributed by atoms with E-state index < -0.39 is 10.0 Å². The first-order valence-electron chi connectivity index (χ1n) is 7.69. The topological polar surface area (TPSA) is 37.4 Å². The second kappa shape index (κ2) is 6.49. The van der Waals surface area contributed by atoms with Gasteiger partial charge in [0.05, 0.1) is 17.6 Å². The summed E-state index contributed by atoms with van der Waals surface area (Å²) in [6.45, 7) is 1.96. The molecule has 0 unspecified atom stereocenters. The van der Waals surface area contributed by atoms with Gasteiger partial charge in [0.25, 0.3) is 0 Å². The molecule has 0 aliphatic carbocycles. The summed E-state index contributed by atoms with van der Waals surface area (Å²) in [4.78, 5) is 0. The number of hydrogen-bond acceptors (Lipinski definition) is 2. The molecule has 3 nitrogen and oxygen atoms in total. The SMILES string of the molecule is Cc1c(-c2ccccc2)cccc1N(c1ccccc1)S(C)(=O)=O. The third kappa shape index (κ3) is 3.19. The summed E-state index contributed by atoms with van der Waals surface area (Å²) < 4.78 is 26.3. The van der Waals surface area contributed by atoms with E-state index >= 15 is 0 Å². The fourth-order valence-electron chi connectivity index (χ4n) is 2.85. The van der Waals surface area contributed by atoms with Crippen LogP contribution in [0, 0.1) is 6.92 Å². The van der Waals surface area contributed by atoms with Crippen LogP contribution in [0.1, 0.15) is 5.56 Å². The second-order valence-electron chi connectivity index (χ2n) is 5.68. The number of nitrogens with zero attached hydrogens (tertiary/aromatic N) is 1. The molecular weight excluding hydrogens is 318 g/mol. The van der Waals surface area contributed by atoms with E-state index in [1.165, 1.54) is 10.6 Å². The predicted molar refractivity (Wildman–Crippen MR) is 100 cm³/mol. The van der Waals surface area contributed by atoms with Crippen LogP contribution in [0.25, 0.3) is 11.1 Å². The normalized spacial score (nSPS) is 11.2. The molecule has 0 amide bonds. The van der Waals surface area contributed by atoms with Gasteiger partial charge in [0.1, 0.15) is 0 Å². The average molecular weight is 337 g/mol. The van der Waals surface area contributed by atoms with E-state index in [0.717, 1.165) is 16.7 Å². The lowest BCUT2D eigenvalue weighted by Crippen LogP contribution is -2.25. The van der Waals surface area contributed by atoms with Gasteiger partial charge < -0.3 is 0 Å². The molecule has 24 heavy (non-hydrogen) atoms. The Morgan fingerprint density at radius 3 is 1.92 bits per heavy atom. The lowest BCUT2D eigenvalue weighted by Gasteiger charge is -2.25. The average Bonchev–Trinajstić information content (AvgIpc) is 2.57. The molecule has 0 heterocycles. The Kier molecular flexibility index (Phi) is 4.40. The summed E-state index contributed by atoms with van der Waals surface area (Å²) in [6.07, 6.45) is 1.23. The number of rotatable bonds is 4. The van der Waals surface area contributed by atoms with Gasteiger partial charge in [-0.2, -0.15) is 0 Å². The molecule has 3 rings (SSSR count). The van der Waals surface area contributed by atoms with Crippen LogP contribution in [0.2, 0.25) is 0 Å². The maximum atomic E-state index is 12.5. The first-order chi connectivity index (χ1) is 11.5. The van der Waals surface area contributed by atoms with Crippen molar-refractivity contribution in [3.63, 3.8) is 0 Å². The highest BCUT2D eigenvalue weighted by Crippen LogP contribution is 2.35. The number of sulfonamides is 1. The molecule has 3 aromatic carbocycles. The maximum absolute atomic E-state index is 12.5. The summed E-state index contributed by atoms with van der Waals surface area (Å²) >= 11 is 0. The number of anilines is 2. The van der Waals surface area contributed by atoms with E-state index in [0.29, 0.717) is 11.4 Å². The van der Waals surface area contributed by atoms with Gasteiger partial charge in [0.2, 0.25) is 10.0 Å². The first-order valence-corrected chi connectivity index (χ1v) is 9.54. The van der Waals surface area contributed by atoms with Crippen molar-refractivity contribution in [3.8, 4) is 11.1 Å². The van der Waals surface area contributed by atoms with Crippen LogP contribution in [-0.2, 0) is 10.0 Å². The third-order valence-corrected chi connectivity index (χ3v) is 5.00.